The van der Waals surface area contributed by atoms with Crippen molar-refractivity contribution in [2.75, 3.05) is 4.90 Å². The zero-order valence-corrected chi connectivity index (χ0v) is 17.1. The number of benzene rings is 3. The number of carbonyl (C=O) groups is 2. The molecule has 0 aliphatic carbocycles. The number of anilines is 1. The molecule has 148 valence electrons. The van der Waals surface area contributed by atoms with E-state index in [4.69, 9.17) is 28.3 Å². The molecule has 1 heterocycles. The van der Waals surface area contributed by atoms with Gasteiger partial charge in [-0.15, -0.1) is 0 Å². The molecule has 0 unspecified atom stereocenters. The van der Waals surface area contributed by atoms with Crippen LogP contribution in [0, 0.1) is 0 Å². The van der Waals surface area contributed by atoms with Crippen molar-refractivity contribution in [3.8, 4) is 0 Å². The normalized spacial score (nSPS) is 14.9. The van der Waals surface area contributed by atoms with E-state index in [1.54, 1.807) is 47.4 Å². The SMILES string of the molecule is O=C(O)c1ccc(N2C(=O)/C(=C/c3ccc(Cl)cc3Cl)C=C2c2ccccc2)cc1. The maximum Gasteiger partial charge on any atom is 0.335 e. The van der Waals surface area contributed by atoms with Crippen molar-refractivity contribution in [1.29, 1.82) is 0 Å². The molecule has 0 spiro atoms. The molecule has 3 aromatic rings. The molecular weight excluding hydrogens is 421 g/mol. The van der Waals surface area contributed by atoms with Crippen LogP contribution in [-0.4, -0.2) is 17.0 Å². The van der Waals surface area contributed by atoms with Crippen LogP contribution in [0.15, 0.2) is 84.4 Å². The predicted molar refractivity (Wildman–Crippen MR) is 120 cm³/mol. The number of hydrogen-bond acceptors (Lipinski definition) is 2. The van der Waals surface area contributed by atoms with E-state index in [-0.39, 0.29) is 11.5 Å². The fourth-order valence-corrected chi connectivity index (χ4v) is 3.70. The molecule has 1 amide bonds. The first kappa shape index (κ1) is 20.0. The van der Waals surface area contributed by atoms with E-state index in [0.29, 0.717) is 32.6 Å². The maximum absolute atomic E-state index is 13.3. The van der Waals surface area contributed by atoms with E-state index in [9.17, 15) is 9.59 Å². The molecule has 0 aromatic heterocycles. The highest BCUT2D eigenvalue weighted by Crippen LogP contribution is 2.36. The minimum atomic E-state index is -1.02. The number of nitrogens with zero attached hydrogens (tertiary/aromatic N) is 1. The number of halogens is 2. The molecule has 3 aromatic carbocycles. The number of carboxylic acid groups (broad SMARTS) is 1. The molecular formula is C24H15Cl2NO3. The first-order valence-electron chi connectivity index (χ1n) is 9.06. The van der Waals surface area contributed by atoms with Crippen LogP contribution >= 0.6 is 23.2 Å². The lowest BCUT2D eigenvalue weighted by atomic mass is 10.1. The van der Waals surface area contributed by atoms with Crippen LogP contribution in [0.2, 0.25) is 10.0 Å². The zero-order valence-electron chi connectivity index (χ0n) is 15.5. The Morgan fingerprint density at radius 3 is 2.27 bits per heavy atom. The summed E-state index contributed by atoms with van der Waals surface area (Å²) in [5, 5.41) is 10.1. The van der Waals surface area contributed by atoms with Crippen molar-refractivity contribution < 1.29 is 14.7 Å². The molecule has 4 rings (SSSR count). The smallest absolute Gasteiger partial charge is 0.335 e. The Bertz CT molecular complexity index is 1200. The van der Waals surface area contributed by atoms with Crippen LogP contribution < -0.4 is 4.90 Å². The summed E-state index contributed by atoms with van der Waals surface area (Å²) < 4.78 is 0. The van der Waals surface area contributed by atoms with Gasteiger partial charge in [0.15, 0.2) is 0 Å². The summed E-state index contributed by atoms with van der Waals surface area (Å²) >= 11 is 12.2. The summed E-state index contributed by atoms with van der Waals surface area (Å²) in [6.45, 7) is 0. The maximum atomic E-state index is 13.3. The van der Waals surface area contributed by atoms with Gasteiger partial charge in [0.05, 0.1) is 11.3 Å². The Labute approximate surface area is 183 Å². The topological polar surface area (TPSA) is 57.6 Å². The quantitative estimate of drug-likeness (QED) is 0.498. The van der Waals surface area contributed by atoms with Crippen LogP contribution in [0.25, 0.3) is 11.8 Å². The van der Waals surface area contributed by atoms with Crippen molar-refractivity contribution in [2.45, 2.75) is 0 Å². The van der Waals surface area contributed by atoms with Gasteiger partial charge in [-0.2, -0.15) is 0 Å². The van der Waals surface area contributed by atoms with E-state index < -0.39 is 5.97 Å². The van der Waals surface area contributed by atoms with Crippen LogP contribution in [-0.2, 0) is 4.79 Å². The van der Waals surface area contributed by atoms with Gasteiger partial charge in [0.2, 0.25) is 0 Å². The predicted octanol–water partition coefficient (Wildman–Crippen LogP) is 6.16. The third kappa shape index (κ3) is 3.88. The molecule has 0 fully saturated rings. The van der Waals surface area contributed by atoms with Crippen LogP contribution in [0.3, 0.4) is 0 Å². The lowest BCUT2D eigenvalue weighted by Crippen LogP contribution is -2.25. The molecule has 4 nitrogen and oxygen atoms in total. The second-order valence-corrected chi connectivity index (χ2v) is 7.50. The number of rotatable bonds is 4. The van der Waals surface area contributed by atoms with Crippen LogP contribution in [0.1, 0.15) is 21.5 Å². The van der Waals surface area contributed by atoms with Crippen molar-refractivity contribution in [1.82, 2.24) is 0 Å². The summed E-state index contributed by atoms with van der Waals surface area (Å²) in [6.07, 6.45) is 3.52. The largest absolute Gasteiger partial charge is 0.478 e. The summed E-state index contributed by atoms with van der Waals surface area (Å²) in [7, 11) is 0. The lowest BCUT2D eigenvalue weighted by Gasteiger charge is -2.21. The minimum Gasteiger partial charge on any atom is -0.478 e. The second kappa shape index (κ2) is 8.19. The number of aromatic carboxylic acids is 1. The van der Waals surface area contributed by atoms with Crippen molar-refractivity contribution in [3.05, 3.63) is 111 Å². The van der Waals surface area contributed by atoms with E-state index in [1.165, 1.54) is 12.1 Å². The van der Waals surface area contributed by atoms with Gasteiger partial charge in [-0.1, -0.05) is 59.6 Å². The van der Waals surface area contributed by atoms with Gasteiger partial charge in [-0.3, -0.25) is 9.69 Å². The van der Waals surface area contributed by atoms with Gasteiger partial charge in [-0.05, 0) is 59.7 Å². The standard InChI is InChI=1S/C24H15Cl2NO3/c25-19-9-6-17(21(26)14-19)12-18-13-22(15-4-2-1-3-5-15)27(23(18)28)20-10-7-16(8-11-20)24(29)30/h1-14H,(H,29,30)/b18-12+. The van der Waals surface area contributed by atoms with E-state index in [1.807, 2.05) is 30.3 Å². The number of carbonyl (C=O) groups excluding carboxylic acids is 1. The molecule has 1 N–H and O–H groups in total. The van der Waals surface area contributed by atoms with Gasteiger partial charge in [0, 0.05) is 21.3 Å². The Morgan fingerprint density at radius 1 is 0.933 bits per heavy atom. The first-order chi connectivity index (χ1) is 14.4. The highest BCUT2D eigenvalue weighted by molar-refractivity contribution is 6.35. The Kier molecular flexibility index (Phi) is 5.44. The molecule has 0 saturated carbocycles. The lowest BCUT2D eigenvalue weighted by molar-refractivity contribution is -0.113. The Balaban J connectivity index is 1.81. The van der Waals surface area contributed by atoms with Gasteiger partial charge < -0.3 is 5.11 Å². The summed E-state index contributed by atoms with van der Waals surface area (Å²) in [5.74, 6) is -1.26. The fraction of sp³-hybridized carbons (Fsp3) is 0. The minimum absolute atomic E-state index is 0.152. The molecule has 0 saturated heterocycles. The average molecular weight is 436 g/mol. The number of amides is 1. The third-order valence-corrected chi connectivity index (χ3v) is 5.26. The molecule has 1 aliphatic rings. The highest BCUT2D eigenvalue weighted by Gasteiger charge is 2.30. The fourth-order valence-electron chi connectivity index (χ4n) is 3.23. The van der Waals surface area contributed by atoms with Crippen LogP contribution in [0.5, 0.6) is 0 Å². The summed E-state index contributed by atoms with van der Waals surface area (Å²) in [6, 6.07) is 20.8. The van der Waals surface area contributed by atoms with Gasteiger partial charge >= 0.3 is 5.97 Å². The first-order valence-corrected chi connectivity index (χ1v) is 9.81. The Hall–Kier alpha value is -3.34. The second-order valence-electron chi connectivity index (χ2n) is 6.65. The van der Waals surface area contributed by atoms with E-state index >= 15 is 0 Å². The molecule has 1 aliphatic heterocycles. The van der Waals surface area contributed by atoms with Crippen molar-refractivity contribution in [3.63, 3.8) is 0 Å². The summed E-state index contributed by atoms with van der Waals surface area (Å²) in [5.41, 5.74) is 3.42. The van der Waals surface area contributed by atoms with Gasteiger partial charge in [0.25, 0.3) is 5.91 Å². The average Bonchev–Trinajstić information content (AvgIpc) is 3.07. The summed E-state index contributed by atoms with van der Waals surface area (Å²) in [4.78, 5) is 26.0. The zero-order chi connectivity index (χ0) is 21.3. The van der Waals surface area contributed by atoms with Gasteiger partial charge in [0.1, 0.15) is 0 Å². The van der Waals surface area contributed by atoms with Crippen molar-refractivity contribution in [2.24, 2.45) is 0 Å². The number of carboxylic acids is 1. The molecule has 0 atom stereocenters. The number of hydrogen-bond donors (Lipinski definition) is 1. The van der Waals surface area contributed by atoms with Gasteiger partial charge in [-0.25, -0.2) is 4.79 Å². The molecule has 0 bridgehead atoms. The monoisotopic (exact) mass is 435 g/mol. The van der Waals surface area contributed by atoms with Crippen molar-refractivity contribution >= 4 is 52.5 Å². The Morgan fingerprint density at radius 2 is 1.63 bits per heavy atom. The molecule has 0 radical (unpaired) electrons. The molecule has 6 heteroatoms. The molecule has 30 heavy (non-hydrogen) atoms. The van der Waals surface area contributed by atoms with E-state index in [2.05, 4.69) is 0 Å². The van der Waals surface area contributed by atoms with E-state index in [0.717, 1.165) is 5.56 Å². The third-order valence-electron chi connectivity index (χ3n) is 4.70. The highest BCUT2D eigenvalue weighted by atomic mass is 35.5. The van der Waals surface area contributed by atoms with Crippen LogP contribution in [0.4, 0.5) is 5.69 Å².